The fourth-order valence-corrected chi connectivity index (χ4v) is 4.37. The molecule has 1 aliphatic rings. The minimum atomic E-state index is -2.79. The number of aromatic nitrogens is 2. The van der Waals surface area contributed by atoms with Gasteiger partial charge in [-0.2, -0.15) is 13.8 Å². The quantitative estimate of drug-likeness (QED) is 0.470. The maximum Gasteiger partial charge on any atom is 0.387 e. The smallest absolute Gasteiger partial charge is 0.387 e. The van der Waals surface area contributed by atoms with E-state index in [4.69, 9.17) is 9.97 Å². The van der Waals surface area contributed by atoms with Crippen LogP contribution < -0.4 is 20.3 Å². The van der Waals surface area contributed by atoms with E-state index in [0.717, 1.165) is 54.5 Å². The molecule has 8 heteroatoms. The third-order valence-corrected chi connectivity index (χ3v) is 6.10. The molecule has 3 aromatic rings. The van der Waals surface area contributed by atoms with Gasteiger partial charge in [0.25, 0.3) is 0 Å². The lowest BCUT2D eigenvalue weighted by atomic mass is 9.86. The SMILES string of the molecule is CN(C)c1nc(NC2CCC(CNCc3ccc(OC(F)F)cc3)CC2)nc2ccccc12. The molecule has 1 fully saturated rings. The van der Waals surface area contributed by atoms with Crippen LogP contribution in [0.3, 0.4) is 0 Å². The summed E-state index contributed by atoms with van der Waals surface area (Å²) < 4.78 is 28.9. The Morgan fingerprint density at radius 1 is 1.00 bits per heavy atom. The molecule has 0 atom stereocenters. The van der Waals surface area contributed by atoms with E-state index in [1.54, 1.807) is 12.1 Å². The average molecular weight is 456 g/mol. The third-order valence-electron chi connectivity index (χ3n) is 6.10. The number of benzene rings is 2. The first-order chi connectivity index (χ1) is 16.0. The van der Waals surface area contributed by atoms with Crippen molar-refractivity contribution in [2.75, 3.05) is 30.9 Å². The molecule has 6 nitrogen and oxygen atoms in total. The second-order valence-corrected chi connectivity index (χ2v) is 8.80. The highest BCUT2D eigenvalue weighted by atomic mass is 19.3. The Labute approximate surface area is 193 Å². The number of fused-ring (bicyclic) bond motifs is 1. The van der Waals surface area contributed by atoms with Crippen molar-refractivity contribution in [1.29, 1.82) is 0 Å². The predicted molar refractivity (Wildman–Crippen MR) is 128 cm³/mol. The molecular weight excluding hydrogens is 424 g/mol. The van der Waals surface area contributed by atoms with Gasteiger partial charge in [0, 0.05) is 32.1 Å². The highest BCUT2D eigenvalue weighted by Crippen LogP contribution is 2.28. The number of nitrogens with zero attached hydrogens (tertiary/aromatic N) is 3. The Bertz CT molecular complexity index is 1040. The van der Waals surface area contributed by atoms with E-state index in [9.17, 15) is 8.78 Å². The number of halogens is 2. The number of alkyl halides is 2. The highest BCUT2D eigenvalue weighted by Gasteiger charge is 2.22. The van der Waals surface area contributed by atoms with E-state index < -0.39 is 6.61 Å². The standard InChI is InChI=1S/C25H31F2N5O/c1-32(2)23-21-5-3-4-6-22(21)30-25(31-23)29-19-11-7-17(8-12-19)15-28-16-18-9-13-20(14-10-18)33-24(26)27/h3-6,9-10,13-14,17,19,24,28H,7-8,11-12,15-16H2,1-2H3,(H,29,30,31). The van der Waals surface area contributed by atoms with Crippen LogP contribution >= 0.6 is 0 Å². The van der Waals surface area contributed by atoms with Gasteiger partial charge in [-0.15, -0.1) is 0 Å². The predicted octanol–water partition coefficient (Wildman–Crippen LogP) is 5.06. The molecular formula is C25H31F2N5O. The molecule has 0 unspecified atom stereocenters. The van der Waals surface area contributed by atoms with Crippen molar-refractivity contribution in [3.05, 3.63) is 54.1 Å². The number of rotatable bonds is 9. The van der Waals surface area contributed by atoms with E-state index in [1.165, 1.54) is 0 Å². The Balaban J connectivity index is 1.24. The summed E-state index contributed by atoms with van der Waals surface area (Å²) in [4.78, 5) is 11.5. The molecule has 1 heterocycles. The molecule has 176 valence electrons. The largest absolute Gasteiger partial charge is 0.435 e. The summed E-state index contributed by atoms with van der Waals surface area (Å²) in [6, 6.07) is 15.3. The molecule has 1 aromatic heterocycles. The van der Waals surface area contributed by atoms with Crippen LogP contribution in [0.1, 0.15) is 31.2 Å². The maximum atomic E-state index is 12.2. The van der Waals surface area contributed by atoms with Crippen LogP contribution in [0.25, 0.3) is 10.9 Å². The zero-order chi connectivity index (χ0) is 23.2. The fraction of sp³-hybridized carbons (Fsp3) is 0.440. The van der Waals surface area contributed by atoms with E-state index in [1.807, 2.05) is 49.3 Å². The summed E-state index contributed by atoms with van der Waals surface area (Å²) in [5.74, 6) is 2.43. The Morgan fingerprint density at radius 3 is 2.42 bits per heavy atom. The van der Waals surface area contributed by atoms with Gasteiger partial charge in [0.05, 0.1) is 5.52 Å². The van der Waals surface area contributed by atoms with Crippen LogP contribution in [-0.4, -0.2) is 43.3 Å². The molecule has 2 aromatic carbocycles. The Hall–Kier alpha value is -3.00. The topological polar surface area (TPSA) is 62.3 Å². The van der Waals surface area contributed by atoms with Crippen LogP contribution in [0.5, 0.6) is 5.75 Å². The lowest BCUT2D eigenvalue weighted by molar-refractivity contribution is -0.0498. The zero-order valence-electron chi connectivity index (χ0n) is 19.1. The molecule has 2 N–H and O–H groups in total. The van der Waals surface area contributed by atoms with E-state index in [2.05, 4.69) is 21.4 Å². The molecule has 1 aliphatic carbocycles. The van der Waals surface area contributed by atoms with Gasteiger partial charge in [0.1, 0.15) is 11.6 Å². The van der Waals surface area contributed by atoms with Gasteiger partial charge in [-0.3, -0.25) is 0 Å². The number of para-hydroxylation sites is 1. The molecule has 0 saturated heterocycles. The molecule has 0 bridgehead atoms. The highest BCUT2D eigenvalue weighted by molar-refractivity contribution is 5.90. The first-order valence-corrected chi connectivity index (χ1v) is 11.4. The molecule has 0 aliphatic heterocycles. The van der Waals surface area contributed by atoms with Gasteiger partial charge >= 0.3 is 6.61 Å². The van der Waals surface area contributed by atoms with Gasteiger partial charge < -0.3 is 20.3 Å². The van der Waals surface area contributed by atoms with Crippen molar-refractivity contribution in [3.8, 4) is 5.75 Å². The van der Waals surface area contributed by atoms with Crippen LogP contribution in [0, 0.1) is 5.92 Å². The molecule has 0 amide bonds. The molecule has 33 heavy (non-hydrogen) atoms. The van der Waals surface area contributed by atoms with Crippen molar-refractivity contribution in [2.45, 2.75) is 44.9 Å². The number of hydrogen-bond donors (Lipinski definition) is 2. The monoisotopic (exact) mass is 455 g/mol. The zero-order valence-corrected chi connectivity index (χ0v) is 19.1. The van der Waals surface area contributed by atoms with E-state index in [0.29, 0.717) is 24.5 Å². The van der Waals surface area contributed by atoms with Crippen molar-refractivity contribution < 1.29 is 13.5 Å². The average Bonchev–Trinajstić information content (AvgIpc) is 2.80. The van der Waals surface area contributed by atoms with Gasteiger partial charge in [-0.1, -0.05) is 24.3 Å². The second kappa shape index (κ2) is 10.7. The summed E-state index contributed by atoms with van der Waals surface area (Å²) in [5.41, 5.74) is 2.00. The summed E-state index contributed by atoms with van der Waals surface area (Å²) >= 11 is 0. The summed E-state index contributed by atoms with van der Waals surface area (Å²) in [6.45, 7) is -1.13. The van der Waals surface area contributed by atoms with Crippen LogP contribution in [0.4, 0.5) is 20.5 Å². The molecule has 0 radical (unpaired) electrons. The van der Waals surface area contributed by atoms with Gasteiger partial charge in [-0.05, 0) is 68.0 Å². The van der Waals surface area contributed by atoms with Crippen molar-refractivity contribution in [2.24, 2.45) is 5.92 Å². The normalized spacial score (nSPS) is 18.5. The second-order valence-electron chi connectivity index (χ2n) is 8.80. The van der Waals surface area contributed by atoms with Crippen LogP contribution in [0.2, 0.25) is 0 Å². The van der Waals surface area contributed by atoms with E-state index in [-0.39, 0.29) is 5.75 Å². The van der Waals surface area contributed by atoms with E-state index >= 15 is 0 Å². The van der Waals surface area contributed by atoms with Gasteiger partial charge in [0.2, 0.25) is 5.95 Å². The maximum absolute atomic E-state index is 12.2. The molecule has 0 spiro atoms. The van der Waals surface area contributed by atoms with Crippen LogP contribution in [-0.2, 0) is 6.54 Å². The summed E-state index contributed by atoms with van der Waals surface area (Å²) in [5, 5.41) is 8.11. The molecule has 4 rings (SSSR count). The van der Waals surface area contributed by atoms with Gasteiger partial charge in [-0.25, -0.2) is 4.98 Å². The number of nitrogens with one attached hydrogen (secondary N) is 2. The molecule has 1 saturated carbocycles. The van der Waals surface area contributed by atoms with Gasteiger partial charge in [0.15, 0.2) is 0 Å². The van der Waals surface area contributed by atoms with Crippen LogP contribution in [0.15, 0.2) is 48.5 Å². The summed E-state index contributed by atoms with van der Waals surface area (Å²) in [7, 11) is 4.00. The summed E-state index contributed by atoms with van der Waals surface area (Å²) in [6.07, 6.45) is 4.44. The first kappa shape index (κ1) is 23.2. The Kier molecular flexibility index (Phi) is 7.54. The number of ether oxygens (including phenoxy) is 1. The fourth-order valence-electron chi connectivity index (χ4n) is 4.37. The van der Waals surface area contributed by atoms with Crippen molar-refractivity contribution in [1.82, 2.24) is 15.3 Å². The minimum absolute atomic E-state index is 0.188. The van der Waals surface area contributed by atoms with Crippen molar-refractivity contribution >= 4 is 22.7 Å². The minimum Gasteiger partial charge on any atom is -0.435 e. The first-order valence-electron chi connectivity index (χ1n) is 11.4. The van der Waals surface area contributed by atoms with Crippen molar-refractivity contribution in [3.63, 3.8) is 0 Å². The lowest BCUT2D eigenvalue weighted by Gasteiger charge is -2.29. The number of hydrogen-bond acceptors (Lipinski definition) is 6. The Morgan fingerprint density at radius 2 is 1.73 bits per heavy atom. The number of anilines is 2. The lowest BCUT2D eigenvalue weighted by Crippen LogP contribution is -2.31. The third kappa shape index (κ3) is 6.28.